The number of anilines is 1. The van der Waals surface area contributed by atoms with E-state index in [1.54, 1.807) is 35.2 Å². The molecule has 8 nitrogen and oxygen atoms in total. The van der Waals surface area contributed by atoms with Crippen LogP contribution in [0.25, 0.3) is 22.6 Å². The van der Waals surface area contributed by atoms with Crippen molar-refractivity contribution >= 4 is 25.5 Å². The lowest BCUT2D eigenvalue weighted by atomic mass is 9.94. The van der Waals surface area contributed by atoms with Crippen molar-refractivity contribution in [3.63, 3.8) is 0 Å². The maximum atomic E-state index is 14.6. The molecular formula is C28H25F3N4O4S2. The van der Waals surface area contributed by atoms with Crippen LogP contribution in [0.1, 0.15) is 11.5 Å². The van der Waals surface area contributed by atoms with Gasteiger partial charge in [-0.3, -0.25) is 0 Å². The van der Waals surface area contributed by atoms with Gasteiger partial charge < -0.3 is 10.6 Å². The maximum absolute atomic E-state index is 14.6. The summed E-state index contributed by atoms with van der Waals surface area (Å²) >= 11 is 0. The van der Waals surface area contributed by atoms with Crippen molar-refractivity contribution in [1.29, 1.82) is 0 Å². The van der Waals surface area contributed by atoms with Crippen LogP contribution in [-0.2, 0) is 19.7 Å². The van der Waals surface area contributed by atoms with Crippen molar-refractivity contribution in [2.45, 2.75) is 21.8 Å². The van der Waals surface area contributed by atoms with Crippen LogP contribution in [0.4, 0.5) is 19.0 Å². The molecule has 1 aromatic heterocycles. The van der Waals surface area contributed by atoms with Crippen LogP contribution in [-0.4, -0.2) is 58.4 Å². The van der Waals surface area contributed by atoms with Crippen molar-refractivity contribution < 1.29 is 30.0 Å². The summed E-state index contributed by atoms with van der Waals surface area (Å²) in [4.78, 5) is 11.1. The second kappa shape index (κ2) is 10.5. The lowest BCUT2D eigenvalue weighted by Gasteiger charge is -2.20. The standard InChI is InChI=1S/C28H25F3N4O4S2/c1-40(36,37)18-7-3-5-16(9-18)26-13-27(34-28(33-26)17-6-4-8-19(10-17)41(2,38)39)35-14-21(25(32)15-35)20-11-23(30)24(31)12-22(20)29/h3-13,21,25H,14-15,32H2,1-2H3/t21-,25+/m1/s1. The van der Waals surface area contributed by atoms with Crippen LogP contribution in [0.3, 0.4) is 0 Å². The Morgan fingerprint density at radius 2 is 1.34 bits per heavy atom. The predicted molar refractivity (Wildman–Crippen MR) is 148 cm³/mol. The van der Waals surface area contributed by atoms with Gasteiger partial charge in [-0.2, -0.15) is 0 Å². The number of halogens is 3. The average Bonchev–Trinajstić information content (AvgIpc) is 3.31. The van der Waals surface area contributed by atoms with Crippen molar-refractivity contribution in [3.05, 3.63) is 89.7 Å². The predicted octanol–water partition coefficient (Wildman–Crippen LogP) is 3.97. The summed E-state index contributed by atoms with van der Waals surface area (Å²) < 4.78 is 90.9. The summed E-state index contributed by atoms with van der Waals surface area (Å²) in [7, 11) is -7.07. The fraction of sp³-hybridized carbons (Fsp3) is 0.214. The minimum Gasteiger partial charge on any atom is -0.354 e. The quantitative estimate of drug-likeness (QED) is 0.329. The molecule has 0 unspecified atom stereocenters. The number of hydrogen-bond acceptors (Lipinski definition) is 8. The average molecular weight is 603 g/mol. The molecule has 4 aromatic rings. The van der Waals surface area contributed by atoms with Crippen LogP contribution >= 0.6 is 0 Å². The topological polar surface area (TPSA) is 123 Å². The van der Waals surface area contributed by atoms with E-state index in [1.165, 1.54) is 24.3 Å². The highest BCUT2D eigenvalue weighted by Crippen LogP contribution is 2.35. The van der Waals surface area contributed by atoms with Gasteiger partial charge in [-0.25, -0.2) is 40.0 Å². The van der Waals surface area contributed by atoms with Crippen molar-refractivity contribution in [1.82, 2.24) is 9.97 Å². The summed E-state index contributed by atoms with van der Waals surface area (Å²) in [6, 6.07) is 14.5. The summed E-state index contributed by atoms with van der Waals surface area (Å²) in [5.41, 5.74) is 7.46. The van der Waals surface area contributed by atoms with E-state index in [0.29, 0.717) is 28.7 Å². The molecule has 1 saturated heterocycles. The monoisotopic (exact) mass is 602 g/mol. The third-order valence-corrected chi connectivity index (χ3v) is 9.14. The molecule has 0 bridgehead atoms. The first-order chi connectivity index (χ1) is 19.2. The Balaban J connectivity index is 1.63. The molecule has 5 rings (SSSR count). The van der Waals surface area contributed by atoms with Gasteiger partial charge in [0, 0.05) is 60.8 Å². The zero-order valence-corrected chi connectivity index (χ0v) is 23.6. The van der Waals surface area contributed by atoms with Gasteiger partial charge in [0.1, 0.15) is 11.6 Å². The molecule has 214 valence electrons. The van der Waals surface area contributed by atoms with E-state index in [-0.39, 0.29) is 34.3 Å². The van der Waals surface area contributed by atoms with E-state index < -0.39 is 49.1 Å². The lowest BCUT2D eigenvalue weighted by Crippen LogP contribution is -2.29. The van der Waals surface area contributed by atoms with Gasteiger partial charge in [-0.15, -0.1) is 0 Å². The van der Waals surface area contributed by atoms with Gasteiger partial charge in [-0.05, 0) is 35.9 Å². The largest absolute Gasteiger partial charge is 0.354 e. The molecule has 0 radical (unpaired) electrons. The van der Waals surface area contributed by atoms with E-state index in [9.17, 15) is 30.0 Å². The fourth-order valence-corrected chi connectivity index (χ4v) is 6.13. The van der Waals surface area contributed by atoms with Gasteiger partial charge in [-0.1, -0.05) is 24.3 Å². The number of aromatic nitrogens is 2. The van der Waals surface area contributed by atoms with Crippen LogP contribution in [0.2, 0.25) is 0 Å². The number of rotatable bonds is 6. The Morgan fingerprint density at radius 3 is 1.98 bits per heavy atom. The molecule has 2 N–H and O–H groups in total. The Hall–Kier alpha value is -3.81. The highest BCUT2D eigenvalue weighted by Gasteiger charge is 2.35. The minimum absolute atomic E-state index is 0.0571. The summed E-state index contributed by atoms with van der Waals surface area (Å²) in [5.74, 6) is -3.58. The molecule has 1 aliphatic rings. The highest BCUT2D eigenvalue weighted by molar-refractivity contribution is 7.91. The first-order valence-corrected chi connectivity index (χ1v) is 16.1. The van der Waals surface area contributed by atoms with Gasteiger partial charge in [0.2, 0.25) is 0 Å². The maximum Gasteiger partial charge on any atom is 0.175 e. The number of hydrogen-bond donors (Lipinski definition) is 1. The number of sulfone groups is 2. The van der Waals surface area contributed by atoms with E-state index in [1.807, 2.05) is 0 Å². The smallest absolute Gasteiger partial charge is 0.175 e. The summed E-state index contributed by atoms with van der Waals surface area (Å²) in [6.45, 7) is 0.303. The third-order valence-electron chi connectivity index (χ3n) is 6.92. The number of nitrogens with zero attached hydrogens (tertiary/aromatic N) is 3. The lowest BCUT2D eigenvalue weighted by molar-refractivity contribution is 0.482. The molecule has 2 atom stereocenters. The van der Waals surface area contributed by atoms with E-state index in [2.05, 4.69) is 9.97 Å². The fourth-order valence-electron chi connectivity index (χ4n) is 4.79. The van der Waals surface area contributed by atoms with E-state index >= 15 is 0 Å². The molecule has 3 aromatic carbocycles. The Bertz CT molecular complexity index is 1790. The molecule has 0 spiro atoms. The van der Waals surface area contributed by atoms with Crippen molar-refractivity contribution in [3.8, 4) is 22.6 Å². The molecule has 0 aliphatic carbocycles. The minimum atomic E-state index is -3.54. The summed E-state index contributed by atoms with van der Waals surface area (Å²) in [6.07, 6.45) is 2.16. The molecule has 41 heavy (non-hydrogen) atoms. The molecule has 1 aliphatic heterocycles. The van der Waals surface area contributed by atoms with Gasteiger partial charge >= 0.3 is 0 Å². The Labute approximate surface area is 235 Å². The van der Waals surface area contributed by atoms with Gasteiger partial charge in [0.05, 0.1) is 15.5 Å². The van der Waals surface area contributed by atoms with E-state index in [4.69, 9.17) is 5.73 Å². The zero-order chi connectivity index (χ0) is 29.7. The molecular weight excluding hydrogens is 577 g/mol. The van der Waals surface area contributed by atoms with Crippen molar-refractivity contribution in [2.24, 2.45) is 5.73 Å². The van der Waals surface area contributed by atoms with Crippen LogP contribution in [0, 0.1) is 17.5 Å². The zero-order valence-electron chi connectivity index (χ0n) is 21.9. The van der Waals surface area contributed by atoms with Crippen LogP contribution in [0.15, 0.2) is 76.5 Å². The van der Waals surface area contributed by atoms with Gasteiger partial charge in [0.25, 0.3) is 0 Å². The molecule has 13 heteroatoms. The molecule has 0 saturated carbocycles. The highest BCUT2D eigenvalue weighted by atomic mass is 32.2. The second-order valence-electron chi connectivity index (χ2n) is 10.00. The van der Waals surface area contributed by atoms with Crippen molar-refractivity contribution in [2.75, 3.05) is 30.5 Å². The number of benzene rings is 3. The molecule has 1 fully saturated rings. The Kier molecular flexibility index (Phi) is 7.38. The van der Waals surface area contributed by atoms with Crippen LogP contribution in [0.5, 0.6) is 0 Å². The first-order valence-electron chi connectivity index (χ1n) is 12.4. The van der Waals surface area contributed by atoms with Gasteiger partial charge in [0.15, 0.2) is 37.1 Å². The second-order valence-corrected chi connectivity index (χ2v) is 14.0. The normalized spacial score (nSPS) is 17.7. The van der Waals surface area contributed by atoms with Crippen LogP contribution < -0.4 is 10.6 Å². The first kappa shape index (κ1) is 28.7. The third kappa shape index (κ3) is 5.97. The molecule has 0 amide bonds. The summed E-state index contributed by atoms with van der Waals surface area (Å²) in [5, 5.41) is 0. The molecule has 2 heterocycles. The Morgan fingerprint density at radius 1 is 0.756 bits per heavy atom. The van der Waals surface area contributed by atoms with E-state index in [0.717, 1.165) is 18.6 Å². The SMILES string of the molecule is CS(=O)(=O)c1cccc(-c2cc(N3C[C@H](c4cc(F)c(F)cc4F)[C@@H](N)C3)nc(-c3cccc(S(C)(=O)=O)c3)n2)c1. The number of nitrogens with two attached hydrogens (primary N) is 1.